The Morgan fingerprint density at radius 2 is 2.10 bits per heavy atom. The maximum Gasteiger partial charge on any atom is 0.229 e. The van der Waals surface area contributed by atoms with Gasteiger partial charge < -0.3 is 16.0 Å². The zero-order valence-corrected chi connectivity index (χ0v) is 12.9. The van der Waals surface area contributed by atoms with Gasteiger partial charge in [-0.2, -0.15) is 15.0 Å². The monoisotopic (exact) mass is 291 g/mol. The molecule has 0 aliphatic carbocycles. The number of nitrogens with two attached hydrogens (primary N) is 1. The normalized spacial score (nSPS) is 26.4. The van der Waals surface area contributed by atoms with E-state index >= 15 is 0 Å². The van der Waals surface area contributed by atoms with Crippen molar-refractivity contribution in [2.75, 3.05) is 37.8 Å². The summed E-state index contributed by atoms with van der Waals surface area (Å²) in [6, 6.07) is 1.23. The van der Waals surface area contributed by atoms with Crippen molar-refractivity contribution in [3.63, 3.8) is 0 Å². The van der Waals surface area contributed by atoms with Crippen LogP contribution in [0, 0.1) is 0 Å². The SMILES string of the molecule is CN(C)c1nc(N)nc(CN2CCCC2C2CCCN2)n1. The van der Waals surface area contributed by atoms with E-state index < -0.39 is 0 Å². The number of aromatic nitrogens is 3. The number of likely N-dealkylation sites (tertiary alicyclic amines) is 1. The molecule has 2 saturated heterocycles. The van der Waals surface area contributed by atoms with Gasteiger partial charge in [0.25, 0.3) is 0 Å². The minimum absolute atomic E-state index is 0.304. The van der Waals surface area contributed by atoms with Gasteiger partial charge in [0.05, 0.1) is 6.54 Å². The fourth-order valence-corrected chi connectivity index (χ4v) is 3.42. The Balaban J connectivity index is 1.73. The highest BCUT2D eigenvalue weighted by molar-refractivity contribution is 5.32. The number of nitrogens with one attached hydrogen (secondary N) is 1. The molecule has 0 aromatic carbocycles. The minimum Gasteiger partial charge on any atom is -0.368 e. The maximum atomic E-state index is 5.81. The molecule has 0 amide bonds. The Kier molecular flexibility index (Phi) is 4.21. The van der Waals surface area contributed by atoms with E-state index in [1.54, 1.807) is 0 Å². The highest BCUT2D eigenvalue weighted by Gasteiger charge is 2.33. The second-order valence-corrected chi connectivity index (χ2v) is 6.19. The average Bonchev–Trinajstić information content (AvgIpc) is 3.08. The summed E-state index contributed by atoms with van der Waals surface area (Å²) in [6.45, 7) is 3.03. The first kappa shape index (κ1) is 14.5. The Labute approximate surface area is 126 Å². The largest absolute Gasteiger partial charge is 0.368 e. The van der Waals surface area contributed by atoms with E-state index in [4.69, 9.17) is 5.73 Å². The molecular weight excluding hydrogens is 266 g/mol. The fraction of sp³-hybridized carbons (Fsp3) is 0.786. The Bertz CT molecular complexity index is 484. The predicted molar refractivity (Wildman–Crippen MR) is 83.0 cm³/mol. The number of nitrogens with zero attached hydrogens (tertiary/aromatic N) is 5. The van der Waals surface area contributed by atoms with E-state index in [-0.39, 0.29) is 0 Å². The number of nitrogen functional groups attached to an aromatic ring is 1. The van der Waals surface area contributed by atoms with Crippen LogP contribution in [0.4, 0.5) is 11.9 Å². The molecule has 0 radical (unpaired) electrons. The number of anilines is 2. The molecule has 2 unspecified atom stereocenters. The Morgan fingerprint density at radius 1 is 1.24 bits per heavy atom. The zero-order chi connectivity index (χ0) is 14.8. The van der Waals surface area contributed by atoms with Crippen LogP contribution < -0.4 is 16.0 Å². The van der Waals surface area contributed by atoms with Crippen LogP contribution in [0.15, 0.2) is 0 Å². The third-order valence-electron chi connectivity index (χ3n) is 4.41. The first-order valence-corrected chi connectivity index (χ1v) is 7.78. The molecule has 2 aliphatic rings. The molecule has 0 bridgehead atoms. The summed E-state index contributed by atoms with van der Waals surface area (Å²) >= 11 is 0. The van der Waals surface area contributed by atoms with Gasteiger partial charge in [0.1, 0.15) is 5.82 Å². The molecule has 3 N–H and O–H groups in total. The topological polar surface area (TPSA) is 83.2 Å². The van der Waals surface area contributed by atoms with E-state index in [0.29, 0.717) is 24.0 Å². The van der Waals surface area contributed by atoms with Gasteiger partial charge >= 0.3 is 0 Å². The Morgan fingerprint density at radius 3 is 2.81 bits per heavy atom. The highest BCUT2D eigenvalue weighted by Crippen LogP contribution is 2.26. The summed E-state index contributed by atoms with van der Waals surface area (Å²) in [5, 5.41) is 3.63. The summed E-state index contributed by atoms with van der Waals surface area (Å²) in [5.74, 6) is 1.71. The average molecular weight is 291 g/mol. The summed E-state index contributed by atoms with van der Waals surface area (Å²) in [5.41, 5.74) is 5.81. The van der Waals surface area contributed by atoms with Crippen LogP contribution in [-0.4, -0.2) is 59.1 Å². The Hall–Kier alpha value is -1.47. The summed E-state index contributed by atoms with van der Waals surface area (Å²) in [6.07, 6.45) is 5.09. The second-order valence-electron chi connectivity index (χ2n) is 6.19. The molecule has 116 valence electrons. The lowest BCUT2D eigenvalue weighted by Gasteiger charge is -2.29. The van der Waals surface area contributed by atoms with Crippen molar-refractivity contribution in [3.05, 3.63) is 5.82 Å². The fourth-order valence-electron chi connectivity index (χ4n) is 3.42. The van der Waals surface area contributed by atoms with E-state index in [1.165, 1.54) is 25.7 Å². The lowest BCUT2D eigenvalue weighted by atomic mass is 10.0. The second kappa shape index (κ2) is 6.11. The molecule has 1 aromatic heterocycles. The quantitative estimate of drug-likeness (QED) is 0.822. The van der Waals surface area contributed by atoms with E-state index in [1.807, 2.05) is 19.0 Å². The van der Waals surface area contributed by atoms with Crippen molar-refractivity contribution < 1.29 is 0 Å². The lowest BCUT2D eigenvalue weighted by molar-refractivity contribution is 0.202. The molecule has 3 heterocycles. The molecule has 3 rings (SSSR count). The van der Waals surface area contributed by atoms with E-state index in [0.717, 1.165) is 25.5 Å². The van der Waals surface area contributed by atoms with Gasteiger partial charge in [-0.25, -0.2) is 0 Å². The molecule has 7 nitrogen and oxygen atoms in total. The van der Waals surface area contributed by atoms with Crippen molar-refractivity contribution in [1.29, 1.82) is 0 Å². The van der Waals surface area contributed by atoms with Crippen LogP contribution in [0.2, 0.25) is 0 Å². The molecule has 0 saturated carbocycles. The van der Waals surface area contributed by atoms with Gasteiger partial charge in [-0.05, 0) is 38.8 Å². The van der Waals surface area contributed by atoms with Gasteiger partial charge in [-0.3, -0.25) is 4.90 Å². The molecule has 7 heteroatoms. The molecular formula is C14H25N7. The molecule has 0 spiro atoms. The zero-order valence-electron chi connectivity index (χ0n) is 12.9. The minimum atomic E-state index is 0.304. The van der Waals surface area contributed by atoms with Crippen molar-refractivity contribution in [2.24, 2.45) is 0 Å². The molecule has 2 fully saturated rings. The predicted octanol–water partition coefficient (Wildman–Crippen LogP) is 0.236. The summed E-state index contributed by atoms with van der Waals surface area (Å²) < 4.78 is 0. The number of rotatable bonds is 4. The first-order chi connectivity index (χ1) is 10.1. The van der Waals surface area contributed by atoms with Crippen molar-refractivity contribution >= 4 is 11.9 Å². The molecule has 2 aliphatic heterocycles. The van der Waals surface area contributed by atoms with E-state index in [2.05, 4.69) is 25.2 Å². The van der Waals surface area contributed by atoms with Crippen LogP contribution in [0.5, 0.6) is 0 Å². The first-order valence-electron chi connectivity index (χ1n) is 7.78. The smallest absolute Gasteiger partial charge is 0.229 e. The van der Waals surface area contributed by atoms with Gasteiger partial charge in [-0.15, -0.1) is 0 Å². The van der Waals surface area contributed by atoms with Crippen LogP contribution in [-0.2, 0) is 6.54 Å². The third kappa shape index (κ3) is 3.24. The van der Waals surface area contributed by atoms with Crippen LogP contribution in [0.25, 0.3) is 0 Å². The molecule has 2 atom stereocenters. The molecule has 1 aromatic rings. The summed E-state index contributed by atoms with van der Waals surface area (Å²) in [4.78, 5) is 17.3. The number of hydrogen-bond acceptors (Lipinski definition) is 7. The van der Waals surface area contributed by atoms with Crippen LogP contribution in [0.3, 0.4) is 0 Å². The van der Waals surface area contributed by atoms with E-state index in [9.17, 15) is 0 Å². The van der Waals surface area contributed by atoms with Gasteiger partial charge in [0, 0.05) is 26.2 Å². The lowest BCUT2D eigenvalue weighted by Crippen LogP contribution is -2.43. The van der Waals surface area contributed by atoms with Gasteiger partial charge in [0.2, 0.25) is 11.9 Å². The van der Waals surface area contributed by atoms with Crippen LogP contribution in [0.1, 0.15) is 31.5 Å². The van der Waals surface area contributed by atoms with Crippen molar-refractivity contribution in [2.45, 2.75) is 44.3 Å². The van der Waals surface area contributed by atoms with Crippen molar-refractivity contribution in [1.82, 2.24) is 25.2 Å². The highest BCUT2D eigenvalue weighted by atomic mass is 15.3. The van der Waals surface area contributed by atoms with Gasteiger partial charge in [-0.1, -0.05) is 0 Å². The maximum absolute atomic E-state index is 5.81. The number of hydrogen-bond donors (Lipinski definition) is 2. The van der Waals surface area contributed by atoms with Gasteiger partial charge in [0.15, 0.2) is 0 Å². The third-order valence-corrected chi connectivity index (χ3v) is 4.41. The standard InChI is InChI=1S/C14H25N7/c1-20(2)14-18-12(17-13(15)19-14)9-21-8-4-6-11(21)10-5-3-7-16-10/h10-11,16H,3-9H2,1-2H3,(H2,15,17,18,19). The van der Waals surface area contributed by atoms with Crippen LogP contribution >= 0.6 is 0 Å². The summed E-state index contributed by atoms with van der Waals surface area (Å²) in [7, 11) is 3.83. The molecule has 21 heavy (non-hydrogen) atoms. The van der Waals surface area contributed by atoms with Crippen molar-refractivity contribution in [3.8, 4) is 0 Å².